The van der Waals surface area contributed by atoms with Crippen LogP contribution in [0.15, 0.2) is 52.6 Å². The Morgan fingerprint density at radius 1 is 1.29 bits per heavy atom. The molecule has 2 N–H and O–H groups in total. The minimum Gasteiger partial charge on any atom is -0.328 e. The van der Waals surface area contributed by atoms with Gasteiger partial charge in [0.2, 0.25) is 0 Å². The Morgan fingerprint density at radius 2 is 2.14 bits per heavy atom. The van der Waals surface area contributed by atoms with Gasteiger partial charge in [-0.1, -0.05) is 17.7 Å². The predicted octanol–water partition coefficient (Wildman–Crippen LogP) is 3.42. The van der Waals surface area contributed by atoms with E-state index < -0.39 is 0 Å². The molecule has 1 atom stereocenters. The summed E-state index contributed by atoms with van der Waals surface area (Å²) < 4.78 is 1.97. The normalized spacial score (nSPS) is 12.7. The molecule has 1 aromatic carbocycles. The molecule has 0 saturated heterocycles. The molecule has 21 heavy (non-hydrogen) atoms. The number of pyridine rings is 1. The van der Waals surface area contributed by atoms with Crippen LogP contribution in [-0.2, 0) is 6.42 Å². The Labute approximate surface area is 132 Å². The second-order valence-electron chi connectivity index (χ2n) is 4.95. The second kappa shape index (κ2) is 6.05. The molecular weight excluding hydrogens is 304 g/mol. The molecular formula is C15H15ClN4S. The molecule has 0 bridgehead atoms. The van der Waals surface area contributed by atoms with Gasteiger partial charge in [-0.15, -0.1) is 10.2 Å². The molecule has 6 heteroatoms. The number of hydrogen-bond donors (Lipinski definition) is 1. The van der Waals surface area contributed by atoms with E-state index in [0.29, 0.717) is 0 Å². The Kier molecular flexibility index (Phi) is 4.14. The Hall–Kier alpha value is -1.56. The zero-order chi connectivity index (χ0) is 14.8. The maximum absolute atomic E-state index is 6.09. The van der Waals surface area contributed by atoms with Crippen molar-refractivity contribution in [1.29, 1.82) is 0 Å². The number of nitrogens with two attached hydrogens (primary N) is 1. The van der Waals surface area contributed by atoms with Crippen LogP contribution in [0.5, 0.6) is 0 Å². The lowest BCUT2D eigenvalue weighted by molar-refractivity contribution is 0.729. The average Bonchev–Trinajstić information content (AvgIpc) is 2.85. The minimum absolute atomic E-state index is 0.0814. The van der Waals surface area contributed by atoms with E-state index in [-0.39, 0.29) is 6.04 Å². The van der Waals surface area contributed by atoms with Crippen molar-refractivity contribution in [2.75, 3.05) is 0 Å². The largest absolute Gasteiger partial charge is 0.328 e. The highest BCUT2D eigenvalue weighted by Gasteiger charge is 2.11. The molecule has 108 valence electrons. The van der Waals surface area contributed by atoms with Crippen molar-refractivity contribution < 1.29 is 0 Å². The molecule has 3 rings (SSSR count). The molecule has 0 fully saturated rings. The Morgan fingerprint density at radius 3 is 2.95 bits per heavy atom. The molecule has 2 aromatic heterocycles. The third-order valence-electron chi connectivity index (χ3n) is 3.05. The maximum Gasteiger partial charge on any atom is 0.200 e. The van der Waals surface area contributed by atoms with Crippen molar-refractivity contribution in [3.8, 4) is 0 Å². The van der Waals surface area contributed by atoms with E-state index >= 15 is 0 Å². The Balaban J connectivity index is 1.97. The third-order valence-corrected chi connectivity index (χ3v) is 4.36. The summed E-state index contributed by atoms with van der Waals surface area (Å²) in [6.07, 6.45) is 2.73. The molecule has 0 aliphatic rings. The summed E-state index contributed by atoms with van der Waals surface area (Å²) in [5.74, 6) is 0. The van der Waals surface area contributed by atoms with Crippen LogP contribution in [-0.4, -0.2) is 20.6 Å². The highest BCUT2D eigenvalue weighted by Crippen LogP contribution is 2.31. The zero-order valence-corrected chi connectivity index (χ0v) is 13.1. The first kappa shape index (κ1) is 14.4. The van der Waals surface area contributed by atoms with E-state index in [9.17, 15) is 0 Å². The van der Waals surface area contributed by atoms with Gasteiger partial charge in [-0.25, -0.2) is 0 Å². The second-order valence-corrected chi connectivity index (χ2v) is 6.39. The lowest BCUT2D eigenvalue weighted by atomic mass is 10.1. The molecule has 4 nitrogen and oxygen atoms in total. The minimum atomic E-state index is 0.0814. The van der Waals surface area contributed by atoms with Crippen molar-refractivity contribution in [3.63, 3.8) is 0 Å². The number of benzene rings is 1. The van der Waals surface area contributed by atoms with E-state index in [4.69, 9.17) is 17.3 Å². The van der Waals surface area contributed by atoms with Gasteiger partial charge in [0.25, 0.3) is 0 Å². The van der Waals surface area contributed by atoms with Crippen LogP contribution < -0.4 is 5.73 Å². The van der Waals surface area contributed by atoms with E-state index in [0.717, 1.165) is 32.7 Å². The lowest BCUT2D eigenvalue weighted by Crippen LogP contribution is -2.18. The molecule has 0 amide bonds. The standard InChI is InChI=1S/C15H15ClN4S/c1-10(17)8-11-9-12(16)5-6-13(11)21-15-19-18-14-4-2-3-7-20(14)15/h2-7,9-10H,8,17H2,1H3. The van der Waals surface area contributed by atoms with Crippen molar-refractivity contribution in [2.24, 2.45) is 5.73 Å². The Bertz CT molecular complexity index is 769. The number of nitrogens with zero attached hydrogens (tertiary/aromatic N) is 3. The quantitative estimate of drug-likeness (QED) is 0.800. The topological polar surface area (TPSA) is 56.2 Å². The van der Waals surface area contributed by atoms with Crippen molar-refractivity contribution in [2.45, 2.75) is 29.4 Å². The van der Waals surface area contributed by atoms with Gasteiger partial charge < -0.3 is 5.73 Å². The lowest BCUT2D eigenvalue weighted by Gasteiger charge is -2.11. The summed E-state index contributed by atoms with van der Waals surface area (Å²) in [6.45, 7) is 1.99. The maximum atomic E-state index is 6.09. The molecule has 2 heterocycles. The fourth-order valence-electron chi connectivity index (χ4n) is 2.14. The van der Waals surface area contributed by atoms with Crippen LogP contribution in [0.4, 0.5) is 0 Å². The number of halogens is 1. The molecule has 0 aliphatic heterocycles. The predicted molar refractivity (Wildman–Crippen MR) is 85.9 cm³/mol. The summed E-state index contributed by atoms with van der Waals surface area (Å²) in [5, 5.41) is 9.96. The van der Waals surface area contributed by atoms with Crippen molar-refractivity contribution in [1.82, 2.24) is 14.6 Å². The van der Waals surface area contributed by atoms with E-state index in [1.54, 1.807) is 11.8 Å². The van der Waals surface area contributed by atoms with Gasteiger partial charge in [0.05, 0.1) is 0 Å². The van der Waals surface area contributed by atoms with Crippen LogP contribution in [0.2, 0.25) is 5.02 Å². The molecule has 1 unspecified atom stereocenters. The summed E-state index contributed by atoms with van der Waals surface area (Å²) in [7, 11) is 0. The third kappa shape index (κ3) is 3.20. The van der Waals surface area contributed by atoms with Gasteiger partial charge in [-0.3, -0.25) is 4.40 Å². The van der Waals surface area contributed by atoms with E-state index in [1.165, 1.54) is 0 Å². The zero-order valence-electron chi connectivity index (χ0n) is 11.5. The smallest absolute Gasteiger partial charge is 0.200 e. The van der Waals surface area contributed by atoms with Crippen LogP contribution in [0.25, 0.3) is 5.65 Å². The van der Waals surface area contributed by atoms with Crippen LogP contribution in [0, 0.1) is 0 Å². The summed E-state index contributed by atoms with van der Waals surface area (Å²) in [6, 6.07) is 11.8. The number of rotatable bonds is 4. The fourth-order valence-corrected chi connectivity index (χ4v) is 3.28. The first-order valence-corrected chi connectivity index (χ1v) is 7.84. The molecule has 0 spiro atoms. The van der Waals surface area contributed by atoms with Gasteiger partial charge in [0.1, 0.15) is 0 Å². The first-order chi connectivity index (χ1) is 10.1. The number of fused-ring (bicyclic) bond motifs is 1. The SMILES string of the molecule is CC(N)Cc1cc(Cl)ccc1Sc1nnc2ccccn12. The van der Waals surface area contributed by atoms with Crippen molar-refractivity contribution >= 4 is 29.0 Å². The monoisotopic (exact) mass is 318 g/mol. The molecule has 0 saturated carbocycles. The highest BCUT2D eigenvalue weighted by atomic mass is 35.5. The van der Waals surface area contributed by atoms with Gasteiger partial charge in [0, 0.05) is 22.2 Å². The van der Waals surface area contributed by atoms with Crippen LogP contribution >= 0.6 is 23.4 Å². The molecule has 0 radical (unpaired) electrons. The van der Waals surface area contributed by atoms with E-state index in [2.05, 4.69) is 10.2 Å². The number of hydrogen-bond acceptors (Lipinski definition) is 4. The van der Waals surface area contributed by atoms with E-state index in [1.807, 2.05) is 53.9 Å². The summed E-state index contributed by atoms with van der Waals surface area (Å²) in [5.41, 5.74) is 7.89. The summed E-state index contributed by atoms with van der Waals surface area (Å²) >= 11 is 7.67. The molecule has 0 aliphatic carbocycles. The number of aromatic nitrogens is 3. The van der Waals surface area contributed by atoms with Crippen LogP contribution in [0.1, 0.15) is 12.5 Å². The van der Waals surface area contributed by atoms with Gasteiger partial charge in [-0.05, 0) is 61.0 Å². The highest BCUT2D eigenvalue weighted by molar-refractivity contribution is 7.99. The molecule has 3 aromatic rings. The summed E-state index contributed by atoms with van der Waals surface area (Å²) in [4.78, 5) is 1.11. The van der Waals surface area contributed by atoms with Gasteiger partial charge in [0.15, 0.2) is 10.8 Å². The van der Waals surface area contributed by atoms with Gasteiger partial charge >= 0.3 is 0 Å². The first-order valence-electron chi connectivity index (χ1n) is 6.65. The van der Waals surface area contributed by atoms with Crippen LogP contribution in [0.3, 0.4) is 0 Å². The van der Waals surface area contributed by atoms with Crippen molar-refractivity contribution in [3.05, 3.63) is 53.2 Å². The fraction of sp³-hybridized carbons (Fsp3) is 0.200. The van der Waals surface area contributed by atoms with Gasteiger partial charge in [-0.2, -0.15) is 0 Å². The average molecular weight is 319 g/mol.